The molecule has 3 fully saturated rings. The van der Waals surface area contributed by atoms with Crippen LogP contribution in [0.25, 0.3) is 0 Å². The predicted molar refractivity (Wildman–Crippen MR) is 106 cm³/mol. The third-order valence-corrected chi connectivity index (χ3v) is 5.62. The maximum absolute atomic E-state index is 6.34. The van der Waals surface area contributed by atoms with Gasteiger partial charge in [0.2, 0.25) is 0 Å². The first kappa shape index (κ1) is 20.8. The van der Waals surface area contributed by atoms with Crippen molar-refractivity contribution in [1.82, 2.24) is 4.90 Å². The molecule has 0 amide bonds. The summed E-state index contributed by atoms with van der Waals surface area (Å²) in [5, 5.41) is 0. The summed E-state index contributed by atoms with van der Waals surface area (Å²) in [5.41, 5.74) is 0.966. The Morgan fingerprint density at radius 1 is 0.893 bits per heavy atom. The molecule has 6 nitrogen and oxygen atoms in total. The molecule has 0 aromatic heterocycles. The maximum atomic E-state index is 6.34. The van der Waals surface area contributed by atoms with Crippen LogP contribution in [0.3, 0.4) is 0 Å². The van der Waals surface area contributed by atoms with Crippen LogP contribution in [-0.2, 0) is 23.7 Å². The van der Waals surface area contributed by atoms with Gasteiger partial charge in [0.15, 0.2) is 18.4 Å². The molecule has 0 radical (unpaired) electrons. The highest BCUT2D eigenvalue weighted by molar-refractivity contribution is 6.18. The van der Waals surface area contributed by atoms with Crippen molar-refractivity contribution >= 4 is 23.2 Å². The first-order valence-corrected chi connectivity index (χ1v) is 10.8. The van der Waals surface area contributed by atoms with E-state index in [1.165, 1.54) is 0 Å². The van der Waals surface area contributed by atoms with Crippen molar-refractivity contribution in [1.29, 1.82) is 0 Å². The van der Waals surface area contributed by atoms with Crippen LogP contribution in [0.5, 0.6) is 0 Å². The number of fused-ring (bicyclic) bond motifs is 3. The molecule has 0 N–H and O–H groups in total. The van der Waals surface area contributed by atoms with Crippen molar-refractivity contribution in [3.8, 4) is 0 Å². The standard InChI is InChI=1S/C20H27Cl2NO5/c1-20(2)27-17-16-15(25-19(17)28-20)14(12-23(10-8-21)11-9-22)24-18(26-16)13-6-4-3-5-7-13/h3-7,14-19H,8-12H2,1-2H3. The zero-order valence-corrected chi connectivity index (χ0v) is 17.6. The fourth-order valence-corrected chi connectivity index (χ4v) is 4.55. The van der Waals surface area contributed by atoms with Crippen LogP contribution in [0.1, 0.15) is 25.7 Å². The van der Waals surface area contributed by atoms with Crippen molar-refractivity contribution < 1.29 is 23.7 Å². The van der Waals surface area contributed by atoms with E-state index in [9.17, 15) is 0 Å². The number of hydrogen-bond acceptors (Lipinski definition) is 6. The zero-order chi connectivity index (χ0) is 19.7. The zero-order valence-electron chi connectivity index (χ0n) is 16.1. The van der Waals surface area contributed by atoms with Crippen LogP contribution in [-0.4, -0.2) is 72.8 Å². The highest BCUT2D eigenvalue weighted by atomic mass is 35.5. The fraction of sp³-hybridized carbons (Fsp3) is 0.700. The molecule has 3 aliphatic heterocycles. The second-order valence-corrected chi connectivity index (χ2v) is 8.52. The Morgan fingerprint density at radius 2 is 1.61 bits per heavy atom. The normalized spacial score (nSPS) is 36.5. The highest BCUT2D eigenvalue weighted by Gasteiger charge is 2.60. The SMILES string of the molecule is CC1(C)OC2OC3C(CN(CCCl)CCCl)OC(c4ccccc4)OC3C2O1. The van der Waals surface area contributed by atoms with Crippen molar-refractivity contribution in [3.05, 3.63) is 35.9 Å². The van der Waals surface area contributed by atoms with E-state index in [4.69, 9.17) is 46.9 Å². The van der Waals surface area contributed by atoms with Gasteiger partial charge in [0.1, 0.15) is 24.4 Å². The van der Waals surface area contributed by atoms with Crippen LogP contribution >= 0.6 is 23.2 Å². The molecule has 3 aliphatic rings. The maximum Gasteiger partial charge on any atom is 0.190 e. The van der Waals surface area contributed by atoms with Gasteiger partial charge in [0.05, 0.1) is 0 Å². The highest BCUT2D eigenvalue weighted by Crippen LogP contribution is 2.45. The predicted octanol–water partition coefficient (Wildman–Crippen LogP) is 3.13. The van der Waals surface area contributed by atoms with Gasteiger partial charge in [-0.25, -0.2) is 0 Å². The second-order valence-electron chi connectivity index (χ2n) is 7.77. The van der Waals surface area contributed by atoms with E-state index in [0.29, 0.717) is 18.3 Å². The Hall–Kier alpha value is -0.440. The minimum atomic E-state index is -0.691. The van der Waals surface area contributed by atoms with E-state index in [2.05, 4.69) is 4.90 Å². The fourth-order valence-electron chi connectivity index (χ4n) is 4.07. The van der Waals surface area contributed by atoms with Crippen LogP contribution in [0.2, 0.25) is 0 Å². The molecule has 6 atom stereocenters. The Morgan fingerprint density at radius 3 is 2.29 bits per heavy atom. The molecule has 6 unspecified atom stereocenters. The van der Waals surface area contributed by atoms with Gasteiger partial charge >= 0.3 is 0 Å². The van der Waals surface area contributed by atoms with Gasteiger partial charge in [-0.3, -0.25) is 4.90 Å². The molecule has 28 heavy (non-hydrogen) atoms. The quantitative estimate of drug-likeness (QED) is 0.618. The van der Waals surface area contributed by atoms with Gasteiger partial charge in [0, 0.05) is 37.0 Å². The lowest BCUT2D eigenvalue weighted by Crippen LogP contribution is -2.53. The summed E-state index contributed by atoms with van der Waals surface area (Å²) in [6, 6.07) is 9.92. The largest absolute Gasteiger partial charge is 0.341 e. The molecular formula is C20H27Cl2NO5. The minimum absolute atomic E-state index is 0.212. The minimum Gasteiger partial charge on any atom is -0.341 e. The second kappa shape index (κ2) is 8.74. The topological polar surface area (TPSA) is 49.4 Å². The molecule has 156 valence electrons. The smallest absolute Gasteiger partial charge is 0.190 e. The number of alkyl halides is 2. The summed E-state index contributed by atoms with van der Waals surface area (Å²) in [6.07, 6.45) is -2.00. The molecule has 0 bridgehead atoms. The monoisotopic (exact) mass is 431 g/mol. The molecule has 3 heterocycles. The van der Waals surface area contributed by atoms with Crippen molar-refractivity contribution in [3.63, 3.8) is 0 Å². The number of ether oxygens (including phenoxy) is 5. The third kappa shape index (κ3) is 4.35. The summed E-state index contributed by atoms with van der Waals surface area (Å²) in [5.74, 6) is 0.370. The molecule has 0 saturated carbocycles. The van der Waals surface area contributed by atoms with Crippen LogP contribution in [0.15, 0.2) is 30.3 Å². The molecule has 3 saturated heterocycles. The van der Waals surface area contributed by atoms with Crippen LogP contribution in [0, 0.1) is 0 Å². The summed E-state index contributed by atoms with van der Waals surface area (Å²) >= 11 is 11.9. The van der Waals surface area contributed by atoms with Gasteiger partial charge in [0.25, 0.3) is 0 Å². The Balaban J connectivity index is 1.56. The van der Waals surface area contributed by atoms with Gasteiger partial charge in [-0.2, -0.15) is 0 Å². The molecule has 0 aliphatic carbocycles. The van der Waals surface area contributed by atoms with Gasteiger partial charge < -0.3 is 23.7 Å². The van der Waals surface area contributed by atoms with E-state index < -0.39 is 18.4 Å². The summed E-state index contributed by atoms with van der Waals surface area (Å²) in [7, 11) is 0. The molecular weight excluding hydrogens is 405 g/mol. The van der Waals surface area contributed by atoms with Gasteiger partial charge in [-0.1, -0.05) is 30.3 Å². The van der Waals surface area contributed by atoms with E-state index in [-0.39, 0.29) is 24.4 Å². The number of rotatable bonds is 7. The van der Waals surface area contributed by atoms with E-state index >= 15 is 0 Å². The molecule has 4 rings (SSSR count). The van der Waals surface area contributed by atoms with Crippen molar-refractivity contribution in [2.24, 2.45) is 0 Å². The average molecular weight is 432 g/mol. The number of nitrogens with zero attached hydrogens (tertiary/aromatic N) is 1. The number of benzene rings is 1. The lowest BCUT2D eigenvalue weighted by atomic mass is 10.0. The van der Waals surface area contributed by atoms with Crippen LogP contribution < -0.4 is 0 Å². The van der Waals surface area contributed by atoms with E-state index in [1.807, 2.05) is 44.2 Å². The average Bonchev–Trinajstić information content (AvgIpc) is 3.15. The van der Waals surface area contributed by atoms with Crippen molar-refractivity contribution in [2.45, 2.75) is 56.6 Å². The summed E-state index contributed by atoms with van der Waals surface area (Å²) in [4.78, 5) is 2.19. The first-order chi connectivity index (χ1) is 13.5. The summed E-state index contributed by atoms with van der Waals surface area (Å²) < 4.78 is 30.9. The lowest BCUT2D eigenvalue weighted by molar-refractivity contribution is -0.311. The molecule has 8 heteroatoms. The molecule has 1 aromatic rings. The molecule has 0 spiro atoms. The van der Waals surface area contributed by atoms with Gasteiger partial charge in [-0.05, 0) is 13.8 Å². The first-order valence-electron chi connectivity index (χ1n) is 9.72. The summed E-state index contributed by atoms with van der Waals surface area (Å²) in [6.45, 7) is 5.89. The van der Waals surface area contributed by atoms with Gasteiger partial charge in [-0.15, -0.1) is 23.2 Å². The lowest BCUT2D eigenvalue weighted by Gasteiger charge is -2.41. The van der Waals surface area contributed by atoms with Crippen molar-refractivity contribution in [2.75, 3.05) is 31.4 Å². The number of halogens is 2. The van der Waals surface area contributed by atoms with Crippen LogP contribution in [0.4, 0.5) is 0 Å². The van der Waals surface area contributed by atoms with E-state index in [0.717, 1.165) is 18.7 Å². The Kier molecular flexibility index (Phi) is 6.50. The molecule has 1 aromatic carbocycles. The Bertz CT molecular complexity index is 643. The number of hydrogen-bond donors (Lipinski definition) is 0. The van der Waals surface area contributed by atoms with E-state index in [1.54, 1.807) is 0 Å². The Labute approximate surface area is 175 Å². The third-order valence-electron chi connectivity index (χ3n) is 5.28.